The zero-order valence-electron chi connectivity index (χ0n) is 31.2. The summed E-state index contributed by atoms with van der Waals surface area (Å²) in [4.78, 5) is 5.47. The van der Waals surface area contributed by atoms with Crippen LogP contribution in [0, 0.1) is 24.0 Å². The molecule has 7 rings (SSSR count). The van der Waals surface area contributed by atoms with Crippen molar-refractivity contribution >= 4 is 42.5 Å². The van der Waals surface area contributed by atoms with Crippen molar-refractivity contribution in [2.45, 2.75) is 73.5 Å². The average molecular weight is 805 g/mol. The predicted molar refractivity (Wildman–Crippen MR) is 211 cm³/mol. The van der Waals surface area contributed by atoms with E-state index >= 15 is 8.78 Å². The highest BCUT2D eigenvalue weighted by atomic mass is 32.2. The van der Waals surface area contributed by atoms with Gasteiger partial charge in [-0.3, -0.25) is 0 Å². The topological polar surface area (TPSA) is 124 Å². The molecule has 4 bridgehead atoms. The maximum Gasteiger partial charge on any atom is 0.268 e. The maximum atomic E-state index is 16.5. The second-order valence-electron chi connectivity index (χ2n) is 15.4. The first-order valence-electron chi connectivity index (χ1n) is 17.9. The number of rotatable bonds is 3. The molecule has 6 aromatic rings. The lowest BCUT2D eigenvalue weighted by atomic mass is 9.75. The van der Waals surface area contributed by atoms with E-state index in [-0.39, 0.29) is 50.4 Å². The SMILES string of the molecule is Cc1ccc(S(=O)(=O)n2ccc3c4c(c(F)cc32)Sc2ccc(F)c(c2)-c2nc(nn2C)C(C)(c2cccc(O)c2)CCCC(C)(C)CS(=O)(=O)CC4)cc1. The van der Waals surface area contributed by atoms with Crippen LogP contribution in [0.3, 0.4) is 0 Å². The molecule has 1 unspecified atom stereocenters. The molecule has 0 fully saturated rings. The molecule has 55 heavy (non-hydrogen) atoms. The van der Waals surface area contributed by atoms with Crippen molar-refractivity contribution in [1.29, 1.82) is 0 Å². The Hall–Kier alpha value is -4.53. The normalized spacial score (nSPS) is 19.0. The number of halogens is 2. The molecule has 0 amide bonds. The predicted octanol–water partition coefficient (Wildman–Crippen LogP) is 8.59. The fourth-order valence-corrected chi connectivity index (χ4v) is 11.9. The molecule has 1 aliphatic rings. The second kappa shape index (κ2) is 14.2. The molecule has 1 aliphatic heterocycles. The van der Waals surface area contributed by atoms with Crippen LogP contribution in [0.1, 0.15) is 62.5 Å². The van der Waals surface area contributed by atoms with E-state index in [1.165, 1.54) is 35.1 Å². The van der Waals surface area contributed by atoms with Gasteiger partial charge in [-0.15, -0.1) is 0 Å². The van der Waals surface area contributed by atoms with E-state index in [1.807, 2.05) is 33.8 Å². The number of phenolic OH excluding ortho intramolecular Hbond substituents is 1. The number of benzene rings is 4. The van der Waals surface area contributed by atoms with Crippen molar-refractivity contribution in [3.63, 3.8) is 0 Å². The Morgan fingerprint density at radius 1 is 0.927 bits per heavy atom. The molecule has 0 aliphatic carbocycles. The van der Waals surface area contributed by atoms with Crippen LogP contribution in [0.5, 0.6) is 5.75 Å². The van der Waals surface area contributed by atoms with Crippen LogP contribution < -0.4 is 0 Å². The van der Waals surface area contributed by atoms with Gasteiger partial charge in [0.15, 0.2) is 21.5 Å². The molecule has 0 radical (unpaired) electrons. The number of hydrogen-bond acceptors (Lipinski definition) is 8. The molecule has 0 saturated heterocycles. The number of hydrogen-bond donors (Lipinski definition) is 1. The molecule has 0 saturated carbocycles. The highest BCUT2D eigenvalue weighted by Gasteiger charge is 2.36. The van der Waals surface area contributed by atoms with Gasteiger partial charge in [-0.2, -0.15) is 5.10 Å². The molecule has 1 atom stereocenters. The lowest BCUT2D eigenvalue weighted by Gasteiger charge is -2.30. The third-order valence-corrected chi connectivity index (χ3v) is 15.4. The molecule has 1 N–H and O–H groups in total. The summed E-state index contributed by atoms with van der Waals surface area (Å²) in [7, 11) is -6.17. The first kappa shape index (κ1) is 38.7. The van der Waals surface area contributed by atoms with E-state index in [4.69, 9.17) is 10.1 Å². The van der Waals surface area contributed by atoms with Crippen LogP contribution in [0.4, 0.5) is 8.78 Å². The Bertz CT molecular complexity index is 2670. The summed E-state index contributed by atoms with van der Waals surface area (Å²) in [5.74, 6) is -1.00. The zero-order chi connectivity index (χ0) is 39.5. The lowest BCUT2D eigenvalue weighted by Crippen LogP contribution is -2.29. The zero-order valence-corrected chi connectivity index (χ0v) is 33.6. The number of sulfone groups is 1. The van der Waals surface area contributed by atoms with Crippen LogP contribution >= 0.6 is 11.8 Å². The lowest BCUT2D eigenvalue weighted by molar-refractivity contribution is 0.337. The summed E-state index contributed by atoms with van der Waals surface area (Å²) in [6.07, 6.45) is 2.90. The van der Waals surface area contributed by atoms with Gasteiger partial charge in [0, 0.05) is 29.6 Å². The second-order valence-corrected chi connectivity index (χ2v) is 20.5. The van der Waals surface area contributed by atoms with Crippen LogP contribution in [0.2, 0.25) is 0 Å². The Balaban J connectivity index is 1.40. The van der Waals surface area contributed by atoms with E-state index in [9.17, 15) is 21.9 Å². The summed E-state index contributed by atoms with van der Waals surface area (Å²) >= 11 is 1.00. The number of phenols is 1. The van der Waals surface area contributed by atoms with Gasteiger partial charge in [-0.05, 0) is 98.2 Å². The third-order valence-electron chi connectivity index (χ3n) is 10.5. The van der Waals surface area contributed by atoms with Gasteiger partial charge in [0.2, 0.25) is 0 Å². The molecule has 2 aromatic heterocycles. The van der Waals surface area contributed by atoms with Gasteiger partial charge in [0.05, 0.1) is 37.8 Å². The molecular weight excluding hydrogens is 763 g/mol. The smallest absolute Gasteiger partial charge is 0.268 e. The summed E-state index contributed by atoms with van der Waals surface area (Å²) in [5, 5.41) is 15.6. The summed E-state index contributed by atoms with van der Waals surface area (Å²) < 4.78 is 90.1. The Kier molecular flexibility index (Phi) is 10.00. The van der Waals surface area contributed by atoms with E-state index in [0.717, 1.165) is 32.9 Å². The molecule has 9 nitrogen and oxygen atoms in total. The number of nitrogens with zero attached hydrogens (tertiary/aromatic N) is 4. The molecular formula is C41H42F2N4O5S3. The van der Waals surface area contributed by atoms with Gasteiger partial charge in [0.1, 0.15) is 17.4 Å². The van der Waals surface area contributed by atoms with E-state index in [0.29, 0.717) is 40.9 Å². The van der Waals surface area contributed by atoms with Gasteiger partial charge in [-0.1, -0.05) is 61.9 Å². The van der Waals surface area contributed by atoms with E-state index in [2.05, 4.69) is 0 Å². The minimum Gasteiger partial charge on any atom is -0.508 e. The summed E-state index contributed by atoms with van der Waals surface area (Å²) in [6.45, 7) is 7.61. The molecule has 14 heteroatoms. The number of aromatic hydroxyl groups is 1. The fourth-order valence-electron chi connectivity index (χ4n) is 7.53. The van der Waals surface area contributed by atoms with Crippen LogP contribution in [0.25, 0.3) is 22.3 Å². The highest BCUT2D eigenvalue weighted by molar-refractivity contribution is 7.99. The van der Waals surface area contributed by atoms with Crippen molar-refractivity contribution in [3.8, 4) is 17.1 Å². The standard InChI is InChI=1S/C41H42F2N4O5S3/c1-26-10-13-30(14-11-26)55(51,52)47-20-16-31-32-17-21-54(49,50)25-40(2,3)18-7-19-41(4,27-8-6-9-28(48)22-27)39-44-38(46(5)45-39)33-23-29(12-15-34(33)42)53-37(32)35(43)24-36(31)47/h6,8-16,20,22-24,48H,7,17-19,21,25H2,1-5H3. The monoisotopic (exact) mass is 804 g/mol. The van der Waals surface area contributed by atoms with Crippen molar-refractivity contribution in [2.24, 2.45) is 12.5 Å². The Morgan fingerprint density at radius 3 is 2.40 bits per heavy atom. The first-order valence-corrected chi connectivity index (χ1v) is 22.0. The van der Waals surface area contributed by atoms with Crippen LogP contribution in [-0.4, -0.2) is 52.2 Å². The van der Waals surface area contributed by atoms with Gasteiger partial charge >= 0.3 is 0 Å². The summed E-state index contributed by atoms with van der Waals surface area (Å²) in [5.41, 5.74) is 0.721. The first-order chi connectivity index (χ1) is 25.9. The highest BCUT2D eigenvalue weighted by Crippen LogP contribution is 2.42. The van der Waals surface area contributed by atoms with Gasteiger partial charge in [-0.25, -0.2) is 39.3 Å². The third kappa shape index (κ3) is 7.56. The minimum absolute atomic E-state index is 0.0296. The van der Waals surface area contributed by atoms with Crippen molar-refractivity contribution in [2.75, 3.05) is 11.5 Å². The average Bonchev–Trinajstić information content (AvgIpc) is 3.72. The van der Waals surface area contributed by atoms with Gasteiger partial charge < -0.3 is 5.11 Å². The van der Waals surface area contributed by atoms with Crippen molar-refractivity contribution in [1.82, 2.24) is 18.7 Å². The molecule has 4 aromatic carbocycles. The van der Waals surface area contributed by atoms with Crippen LogP contribution in [0.15, 0.2) is 99.7 Å². The molecule has 0 spiro atoms. The number of fused-ring (bicyclic) bond motifs is 8. The minimum atomic E-state index is -4.13. The fraction of sp³-hybridized carbons (Fsp3) is 0.317. The van der Waals surface area contributed by atoms with E-state index in [1.54, 1.807) is 49.5 Å². The molecule has 288 valence electrons. The number of aryl methyl sites for hydroxylation is 3. The maximum absolute atomic E-state index is 16.5. The largest absolute Gasteiger partial charge is 0.508 e. The Morgan fingerprint density at radius 2 is 1.67 bits per heavy atom. The molecule has 3 heterocycles. The summed E-state index contributed by atoms with van der Waals surface area (Å²) in [6, 6.07) is 20.3. The van der Waals surface area contributed by atoms with Crippen LogP contribution in [-0.2, 0) is 38.7 Å². The van der Waals surface area contributed by atoms with Crippen molar-refractivity contribution in [3.05, 3.63) is 119 Å². The van der Waals surface area contributed by atoms with Gasteiger partial charge in [0.25, 0.3) is 10.0 Å². The Labute approximate surface area is 324 Å². The number of aromatic nitrogens is 4. The quantitative estimate of drug-likeness (QED) is 0.189. The van der Waals surface area contributed by atoms with Crippen molar-refractivity contribution < 1.29 is 30.7 Å². The van der Waals surface area contributed by atoms with E-state index < -0.39 is 42.3 Å².